The average Bonchev–Trinajstić information content (AvgIpc) is 2.35. The van der Waals surface area contributed by atoms with Crippen LogP contribution in [-0.4, -0.2) is 19.9 Å². The van der Waals surface area contributed by atoms with Crippen LogP contribution < -0.4 is 16.0 Å². The summed E-state index contributed by atoms with van der Waals surface area (Å²) in [4.78, 5) is 3.83. The number of rotatable bonds is 6. The summed E-state index contributed by atoms with van der Waals surface area (Å²) in [5.41, 5.74) is 2.60. The first-order valence-corrected chi connectivity index (χ1v) is 6.91. The normalized spacial score (nSPS) is 13.4. The van der Waals surface area contributed by atoms with Gasteiger partial charge in [-0.3, -0.25) is 5.84 Å². The number of hydrogen-bond donors (Lipinski definition) is 3. The van der Waals surface area contributed by atoms with Crippen molar-refractivity contribution < 1.29 is 8.42 Å². The van der Waals surface area contributed by atoms with E-state index in [0.29, 0.717) is 6.54 Å². The van der Waals surface area contributed by atoms with Gasteiger partial charge in [0.2, 0.25) is 0 Å². The number of sulfonamides is 1. The van der Waals surface area contributed by atoms with Crippen molar-refractivity contribution in [1.82, 2.24) is 9.71 Å². The molecule has 0 aromatic carbocycles. The highest BCUT2D eigenvalue weighted by Gasteiger charge is 2.19. The van der Waals surface area contributed by atoms with Crippen LogP contribution in [0.15, 0.2) is 23.4 Å². The van der Waals surface area contributed by atoms with E-state index in [-0.39, 0.29) is 16.6 Å². The molecule has 1 aromatic heterocycles. The molecule has 7 heteroatoms. The standard InChI is InChI=1S/C10H18N4O2S/c1-3-8(2)7-13-17(15,16)10-9(14-11)5-4-6-12-10/h4-6,8,13-14H,3,7,11H2,1-2H3. The molecule has 0 amide bonds. The first kappa shape index (κ1) is 13.9. The van der Waals surface area contributed by atoms with E-state index in [1.807, 2.05) is 13.8 Å². The summed E-state index contributed by atoms with van der Waals surface area (Å²) in [7, 11) is -3.61. The molecule has 4 N–H and O–H groups in total. The van der Waals surface area contributed by atoms with E-state index in [4.69, 9.17) is 5.84 Å². The number of nitrogens with one attached hydrogen (secondary N) is 2. The van der Waals surface area contributed by atoms with Gasteiger partial charge in [0.05, 0.1) is 5.69 Å². The molecular formula is C10H18N4O2S. The fraction of sp³-hybridized carbons (Fsp3) is 0.500. The van der Waals surface area contributed by atoms with Crippen LogP contribution in [0.4, 0.5) is 5.69 Å². The zero-order chi connectivity index (χ0) is 12.9. The number of hydrazine groups is 1. The van der Waals surface area contributed by atoms with Crippen molar-refractivity contribution in [2.45, 2.75) is 25.3 Å². The van der Waals surface area contributed by atoms with Crippen molar-refractivity contribution in [1.29, 1.82) is 0 Å². The molecule has 0 fully saturated rings. The van der Waals surface area contributed by atoms with Gasteiger partial charge in [0.15, 0.2) is 5.03 Å². The fourth-order valence-electron chi connectivity index (χ4n) is 1.18. The number of pyridine rings is 1. The van der Waals surface area contributed by atoms with Gasteiger partial charge < -0.3 is 5.43 Å². The van der Waals surface area contributed by atoms with Gasteiger partial charge >= 0.3 is 0 Å². The van der Waals surface area contributed by atoms with Gasteiger partial charge in [-0.25, -0.2) is 18.1 Å². The number of hydrogen-bond acceptors (Lipinski definition) is 5. The lowest BCUT2D eigenvalue weighted by molar-refractivity contribution is 0.527. The molecule has 1 aromatic rings. The Hall–Kier alpha value is -1.18. The molecule has 6 nitrogen and oxygen atoms in total. The SMILES string of the molecule is CCC(C)CNS(=O)(=O)c1ncccc1NN. The van der Waals surface area contributed by atoms with Crippen molar-refractivity contribution in [2.75, 3.05) is 12.0 Å². The van der Waals surface area contributed by atoms with Gasteiger partial charge in [0.25, 0.3) is 10.0 Å². The van der Waals surface area contributed by atoms with E-state index in [0.717, 1.165) is 6.42 Å². The summed E-state index contributed by atoms with van der Waals surface area (Å²) in [6.45, 7) is 4.37. The van der Waals surface area contributed by atoms with Gasteiger partial charge in [0, 0.05) is 12.7 Å². The van der Waals surface area contributed by atoms with Crippen molar-refractivity contribution in [3.8, 4) is 0 Å². The number of aromatic nitrogens is 1. The molecule has 0 saturated heterocycles. The van der Waals surface area contributed by atoms with Crippen LogP contribution in [0, 0.1) is 5.92 Å². The summed E-state index contributed by atoms with van der Waals surface area (Å²) >= 11 is 0. The Balaban J connectivity index is 2.89. The number of nitrogens with zero attached hydrogens (tertiary/aromatic N) is 1. The molecule has 0 aliphatic heterocycles. The Morgan fingerprint density at radius 2 is 2.24 bits per heavy atom. The van der Waals surface area contributed by atoms with Crippen LogP contribution in [0.25, 0.3) is 0 Å². The Bertz CT molecular complexity index is 461. The minimum Gasteiger partial charge on any atom is -0.321 e. The van der Waals surface area contributed by atoms with Gasteiger partial charge in [0.1, 0.15) is 0 Å². The van der Waals surface area contributed by atoms with Crippen molar-refractivity contribution in [3.63, 3.8) is 0 Å². The minimum absolute atomic E-state index is 0.0780. The second-order valence-electron chi connectivity index (χ2n) is 3.87. The zero-order valence-corrected chi connectivity index (χ0v) is 10.8. The lowest BCUT2D eigenvalue weighted by Gasteiger charge is -2.12. The third-order valence-electron chi connectivity index (χ3n) is 2.50. The molecule has 1 unspecified atom stereocenters. The van der Waals surface area contributed by atoms with E-state index in [2.05, 4.69) is 15.1 Å². The topological polar surface area (TPSA) is 97.1 Å². The van der Waals surface area contributed by atoms with Gasteiger partial charge in [-0.2, -0.15) is 0 Å². The summed E-state index contributed by atoms with van der Waals surface area (Å²) < 4.78 is 26.4. The Morgan fingerprint density at radius 1 is 1.53 bits per heavy atom. The predicted molar refractivity (Wildman–Crippen MR) is 66.7 cm³/mol. The van der Waals surface area contributed by atoms with Crippen LogP contribution in [0.5, 0.6) is 0 Å². The minimum atomic E-state index is -3.61. The average molecular weight is 258 g/mol. The molecule has 0 spiro atoms. The predicted octanol–water partition coefficient (Wildman–Crippen LogP) is 0.692. The van der Waals surface area contributed by atoms with Crippen LogP contribution >= 0.6 is 0 Å². The summed E-state index contributed by atoms with van der Waals surface area (Å²) in [6, 6.07) is 3.17. The molecule has 0 aliphatic carbocycles. The van der Waals surface area contributed by atoms with Gasteiger partial charge in [-0.15, -0.1) is 0 Å². The Labute approximate surface area is 102 Å². The van der Waals surface area contributed by atoms with Gasteiger partial charge in [-0.05, 0) is 18.1 Å². The maximum absolute atomic E-state index is 12.0. The number of nitrogen functional groups attached to an aromatic ring is 1. The lowest BCUT2D eigenvalue weighted by atomic mass is 10.1. The molecule has 0 aliphatic rings. The smallest absolute Gasteiger partial charge is 0.260 e. The number of nitrogens with two attached hydrogens (primary N) is 1. The third-order valence-corrected chi connectivity index (χ3v) is 3.88. The third kappa shape index (κ3) is 3.65. The molecule has 1 rings (SSSR count). The van der Waals surface area contributed by atoms with E-state index in [9.17, 15) is 8.42 Å². The lowest BCUT2D eigenvalue weighted by Crippen LogP contribution is -2.30. The second-order valence-corrected chi connectivity index (χ2v) is 5.55. The quantitative estimate of drug-likeness (QED) is 0.515. The molecule has 1 atom stereocenters. The van der Waals surface area contributed by atoms with Crippen LogP contribution in [0.1, 0.15) is 20.3 Å². The molecular weight excluding hydrogens is 240 g/mol. The molecule has 0 bridgehead atoms. The first-order chi connectivity index (χ1) is 8.01. The highest BCUT2D eigenvalue weighted by Crippen LogP contribution is 2.16. The molecule has 0 saturated carbocycles. The van der Waals surface area contributed by atoms with E-state index >= 15 is 0 Å². The fourth-order valence-corrected chi connectivity index (χ4v) is 2.44. The monoisotopic (exact) mass is 258 g/mol. The van der Waals surface area contributed by atoms with Gasteiger partial charge in [-0.1, -0.05) is 20.3 Å². The maximum Gasteiger partial charge on any atom is 0.260 e. The van der Waals surface area contributed by atoms with Crippen molar-refractivity contribution in [3.05, 3.63) is 18.3 Å². The van der Waals surface area contributed by atoms with Crippen LogP contribution in [-0.2, 0) is 10.0 Å². The van der Waals surface area contributed by atoms with Crippen LogP contribution in [0.2, 0.25) is 0 Å². The van der Waals surface area contributed by atoms with Crippen molar-refractivity contribution in [2.24, 2.45) is 11.8 Å². The second kappa shape index (κ2) is 5.95. The summed E-state index contributed by atoms with van der Waals surface area (Å²) in [6.07, 6.45) is 2.32. The van der Waals surface area contributed by atoms with E-state index in [1.54, 1.807) is 12.1 Å². The largest absolute Gasteiger partial charge is 0.321 e. The highest BCUT2D eigenvalue weighted by molar-refractivity contribution is 7.89. The molecule has 96 valence electrons. The zero-order valence-electron chi connectivity index (χ0n) is 9.97. The van der Waals surface area contributed by atoms with E-state index < -0.39 is 10.0 Å². The first-order valence-electron chi connectivity index (χ1n) is 5.42. The Kier molecular flexibility index (Phi) is 4.86. The summed E-state index contributed by atoms with van der Waals surface area (Å²) in [5, 5.41) is -0.0780. The molecule has 0 radical (unpaired) electrons. The molecule has 1 heterocycles. The number of anilines is 1. The maximum atomic E-state index is 12.0. The van der Waals surface area contributed by atoms with E-state index in [1.165, 1.54) is 6.20 Å². The Morgan fingerprint density at radius 3 is 2.82 bits per heavy atom. The highest BCUT2D eigenvalue weighted by atomic mass is 32.2. The summed E-state index contributed by atoms with van der Waals surface area (Å²) in [5.74, 6) is 5.53. The van der Waals surface area contributed by atoms with Crippen molar-refractivity contribution >= 4 is 15.7 Å². The van der Waals surface area contributed by atoms with Crippen LogP contribution in [0.3, 0.4) is 0 Å². The molecule has 17 heavy (non-hydrogen) atoms.